The van der Waals surface area contributed by atoms with Crippen LogP contribution in [0.25, 0.3) is 0 Å². The average molecular weight is 1210 g/mol. The monoisotopic (exact) mass is 1210 g/mol. The molecule has 0 saturated heterocycles. The third kappa shape index (κ3) is 17.1. The smallest absolute Gasteiger partial charge is 0.230 e. The van der Waals surface area contributed by atoms with E-state index in [0.29, 0.717) is 0 Å². The highest BCUT2D eigenvalue weighted by molar-refractivity contribution is 5.71. The van der Waals surface area contributed by atoms with Crippen LogP contribution < -0.4 is 37.9 Å². The molecular formula is C80H120O8. The second kappa shape index (κ2) is 35.8. The maximum atomic E-state index is 7.05. The molecule has 0 saturated carbocycles. The van der Waals surface area contributed by atoms with E-state index in [4.69, 9.17) is 37.9 Å². The molecule has 4 aliphatic heterocycles. The van der Waals surface area contributed by atoms with Crippen molar-refractivity contribution in [3.05, 3.63) is 89.0 Å². The standard InChI is InChI=1S/C80H120O8/c1-9-13-17-21-25-29-33-37-41-45-61-65-49-67-62(46-42-38-34-30-26-22-18-14-10-2)69-51-71-64(48-44-40-36-32-28-24-20-16-12-4)72-52-70-63(47-43-39-35-31-27-23-19-15-11-3)68-50-66(61)74-57(5)73(65)81-53-83-75(67)58(6)77(69)85-55-87-79(71)60(8)80(72)88-56-86-78(70)59(7)76(68)84-54-82-74/h9-56H2,1-8H3. The fraction of sp³-hybridized carbons (Fsp3) is 0.700. The van der Waals surface area contributed by atoms with Gasteiger partial charge in [0.05, 0.1) is 0 Å². The van der Waals surface area contributed by atoms with Crippen LogP contribution in [0.4, 0.5) is 0 Å². The molecule has 488 valence electrons. The molecule has 4 aromatic carbocycles. The first kappa shape index (κ1) is 67.7. The van der Waals surface area contributed by atoms with E-state index in [0.717, 1.165) is 145 Å². The van der Waals surface area contributed by atoms with Gasteiger partial charge in [0.25, 0.3) is 0 Å². The third-order valence-corrected chi connectivity index (χ3v) is 21.0. The normalized spacial score (nSPS) is 14.3. The Morgan fingerprint density at radius 2 is 0.330 bits per heavy atom. The van der Waals surface area contributed by atoms with Crippen LogP contribution >= 0.6 is 0 Å². The van der Waals surface area contributed by atoms with Crippen molar-refractivity contribution >= 4 is 0 Å². The largest absolute Gasteiger partial charge is 0.457 e. The SMILES string of the molecule is CCCCCCCCCCCc1c2c3c(C)c4c1Cc1c(CCCCCCCCCCC)c5c(c(C)c1OCO4)OCOc1c(C)c4c(c(CCCCCCCCCCC)c1C5)Cc1c(CCCCCCCCCCC)c(c(c(C)c1OCO4)OCO3)C2. The maximum Gasteiger partial charge on any atom is 0.230 e. The Kier molecular flexibility index (Phi) is 27.5. The Morgan fingerprint density at radius 1 is 0.193 bits per heavy atom. The molecule has 5 aliphatic rings. The molecule has 0 atom stereocenters. The van der Waals surface area contributed by atoms with Crippen LogP contribution in [0.3, 0.4) is 0 Å². The van der Waals surface area contributed by atoms with Crippen LogP contribution in [-0.2, 0) is 51.4 Å². The summed E-state index contributed by atoms with van der Waals surface area (Å²) in [5, 5.41) is 0. The lowest BCUT2D eigenvalue weighted by Gasteiger charge is -2.35. The van der Waals surface area contributed by atoms with Crippen molar-refractivity contribution in [2.45, 2.75) is 338 Å². The van der Waals surface area contributed by atoms with Crippen LogP contribution in [-0.4, -0.2) is 27.2 Å². The van der Waals surface area contributed by atoms with Crippen molar-refractivity contribution in [2.75, 3.05) is 27.2 Å². The van der Waals surface area contributed by atoms with Crippen molar-refractivity contribution in [2.24, 2.45) is 0 Å². The van der Waals surface area contributed by atoms with Gasteiger partial charge in [-0.3, -0.25) is 0 Å². The molecule has 9 rings (SSSR count). The van der Waals surface area contributed by atoms with Gasteiger partial charge in [-0.15, -0.1) is 0 Å². The number of benzene rings is 4. The second-order valence-electron chi connectivity index (χ2n) is 27.5. The van der Waals surface area contributed by atoms with Crippen molar-refractivity contribution in [1.82, 2.24) is 0 Å². The highest BCUT2D eigenvalue weighted by Gasteiger charge is 2.37. The summed E-state index contributed by atoms with van der Waals surface area (Å²) >= 11 is 0. The number of unbranched alkanes of at least 4 members (excludes halogenated alkanes) is 32. The van der Waals surface area contributed by atoms with Gasteiger partial charge in [0.15, 0.2) is 0 Å². The molecule has 0 N–H and O–H groups in total. The first-order valence-corrected chi connectivity index (χ1v) is 37.0. The molecule has 8 heteroatoms. The van der Waals surface area contributed by atoms with E-state index in [-0.39, 0.29) is 27.2 Å². The summed E-state index contributed by atoms with van der Waals surface area (Å²) in [6, 6.07) is 0. The highest BCUT2D eigenvalue weighted by Crippen LogP contribution is 2.54. The van der Waals surface area contributed by atoms with E-state index in [1.807, 2.05) is 0 Å². The van der Waals surface area contributed by atoms with Gasteiger partial charge in [0.2, 0.25) is 27.2 Å². The zero-order valence-electron chi connectivity index (χ0n) is 57.2. The predicted octanol–water partition coefficient (Wildman–Crippen LogP) is 22.8. The molecule has 0 spiro atoms. The second-order valence-corrected chi connectivity index (χ2v) is 27.5. The number of ether oxygens (including phenoxy) is 8. The molecule has 0 amide bonds. The molecule has 88 heavy (non-hydrogen) atoms. The molecule has 0 radical (unpaired) electrons. The molecule has 4 aromatic rings. The van der Waals surface area contributed by atoms with Gasteiger partial charge < -0.3 is 37.9 Å². The summed E-state index contributed by atoms with van der Waals surface area (Å²) in [6.45, 7) is 18.6. The Hall–Kier alpha value is -4.72. The number of hydrogen-bond donors (Lipinski definition) is 0. The molecule has 8 nitrogen and oxygen atoms in total. The topological polar surface area (TPSA) is 73.8 Å². The van der Waals surface area contributed by atoms with Crippen LogP contribution in [0.15, 0.2) is 0 Å². The molecule has 4 heterocycles. The Labute approximate surface area is 535 Å². The van der Waals surface area contributed by atoms with Crippen molar-refractivity contribution in [3.63, 3.8) is 0 Å². The van der Waals surface area contributed by atoms with Gasteiger partial charge in [-0.1, -0.05) is 233 Å². The van der Waals surface area contributed by atoms with Gasteiger partial charge in [-0.25, -0.2) is 0 Å². The number of rotatable bonds is 40. The van der Waals surface area contributed by atoms with Gasteiger partial charge in [0.1, 0.15) is 46.0 Å². The van der Waals surface area contributed by atoms with Crippen LogP contribution in [0.1, 0.15) is 348 Å². The van der Waals surface area contributed by atoms with Gasteiger partial charge in [-0.2, -0.15) is 0 Å². The lowest BCUT2D eigenvalue weighted by Crippen LogP contribution is -2.24. The molecule has 0 aromatic heterocycles. The average Bonchev–Trinajstić information content (AvgIpc) is 0.831. The summed E-state index contributed by atoms with van der Waals surface area (Å²) in [7, 11) is 0. The summed E-state index contributed by atoms with van der Waals surface area (Å²) in [5.41, 5.74) is 20.4. The molecule has 8 bridgehead atoms. The molecule has 0 fully saturated rings. The van der Waals surface area contributed by atoms with Crippen LogP contribution in [0.5, 0.6) is 46.0 Å². The van der Waals surface area contributed by atoms with Crippen LogP contribution in [0, 0.1) is 27.7 Å². The first-order valence-electron chi connectivity index (χ1n) is 37.0. The predicted molar refractivity (Wildman–Crippen MR) is 364 cm³/mol. The summed E-state index contributed by atoms with van der Waals surface area (Å²) in [4.78, 5) is 0. The zero-order valence-corrected chi connectivity index (χ0v) is 57.2. The van der Waals surface area contributed by atoms with Gasteiger partial charge >= 0.3 is 0 Å². The lowest BCUT2D eigenvalue weighted by molar-refractivity contribution is 0.0972. The third-order valence-electron chi connectivity index (χ3n) is 21.0. The molecule has 1 aliphatic carbocycles. The summed E-state index contributed by atoms with van der Waals surface area (Å²) in [6.07, 6.45) is 53.1. The van der Waals surface area contributed by atoms with E-state index >= 15 is 0 Å². The fourth-order valence-electron chi connectivity index (χ4n) is 16.1. The minimum atomic E-state index is 0.106. The minimum Gasteiger partial charge on any atom is -0.457 e. The summed E-state index contributed by atoms with van der Waals surface area (Å²) < 4.78 is 56.4. The van der Waals surface area contributed by atoms with Crippen molar-refractivity contribution in [3.8, 4) is 46.0 Å². The molecular weight excluding hydrogens is 1090 g/mol. The van der Waals surface area contributed by atoms with Gasteiger partial charge in [-0.05, 0) is 101 Å². The Balaban J connectivity index is 1.23. The maximum absolute atomic E-state index is 7.05. The van der Waals surface area contributed by atoms with Crippen LogP contribution in [0.2, 0.25) is 0 Å². The van der Waals surface area contributed by atoms with E-state index < -0.39 is 0 Å². The van der Waals surface area contributed by atoms with E-state index in [1.165, 1.54) is 272 Å². The zero-order chi connectivity index (χ0) is 61.5. The Morgan fingerprint density at radius 3 is 0.477 bits per heavy atom. The Bertz CT molecular complexity index is 2330. The fourth-order valence-corrected chi connectivity index (χ4v) is 16.1. The quantitative estimate of drug-likeness (QED) is 0.0359. The van der Waals surface area contributed by atoms with Crippen molar-refractivity contribution < 1.29 is 37.9 Å². The first-order chi connectivity index (χ1) is 43.3. The highest BCUT2D eigenvalue weighted by atomic mass is 16.7. The van der Waals surface area contributed by atoms with E-state index in [1.54, 1.807) is 0 Å². The van der Waals surface area contributed by atoms with Crippen molar-refractivity contribution in [1.29, 1.82) is 0 Å². The minimum absolute atomic E-state index is 0.106. The van der Waals surface area contributed by atoms with Gasteiger partial charge in [0, 0.05) is 92.4 Å². The van der Waals surface area contributed by atoms with E-state index in [9.17, 15) is 0 Å². The number of hydrogen-bond acceptors (Lipinski definition) is 8. The molecule has 0 unspecified atom stereocenters. The lowest BCUT2D eigenvalue weighted by atomic mass is 9.78. The summed E-state index contributed by atoms with van der Waals surface area (Å²) in [5.74, 6) is 7.44. The van der Waals surface area contributed by atoms with E-state index in [2.05, 4.69) is 55.4 Å².